The van der Waals surface area contributed by atoms with Gasteiger partial charge in [0.1, 0.15) is 0 Å². The van der Waals surface area contributed by atoms with Crippen molar-refractivity contribution in [2.75, 3.05) is 18.6 Å². The highest BCUT2D eigenvalue weighted by atomic mass is 32.2. The van der Waals surface area contributed by atoms with Gasteiger partial charge in [-0.05, 0) is 37.2 Å². The lowest BCUT2D eigenvalue weighted by molar-refractivity contribution is -0.122. The summed E-state index contributed by atoms with van der Waals surface area (Å²) in [5.41, 5.74) is 0. The minimum atomic E-state index is -0.389. The molecule has 1 aliphatic rings. The molecule has 3 nitrogen and oxygen atoms in total. The third-order valence-corrected chi connectivity index (χ3v) is 3.78. The predicted molar refractivity (Wildman–Crippen MR) is 68.6 cm³/mol. The molecule has 1 rings (SSSR count). The summed E-state index contributed by atoms with van der Waals surface area (Å²) in [7, 11) is 0. The number of nitrogens with one attached hydrogen (secondary N) is 1. The van der Waals surface area contributed by atoms with Crippen LogP contribution >= 0.6 is 11.8 Å². The van der Waals surface area contributed by atoms with E-state index in [1.54, 1.807) is 11.8 Å². The Hall–Kier alpha value is -0.220. The molecular formula is C12H23NO2S. The van der Waals surface area contributed by atoms with Crippen molar-refractivity contribution in [3.8, 4) is 0 Å². The SMILES string of the molecule is CSCCC(O)CNC(=O)CC1CCCC1. The lowest BCUT2D eigenvalue weighted by atomic mass is 10.0. The molecule has 2 N–H and O–H groups in total. The van der Waals surface area contributed by atoms with Gasteiger partial charge in [-0.3, -0.25) is 4.79 Å². The summed E-state index contributed by atoms with van der Waals surface area (Å²) in [5.74, 6) is 1.64. The van der Waals surface area contributed by atoms with Gasteiger partial charge in [-0.25, -0.2) is 0 Å². The zero-order valence-electron chi connectivity index (χ0n) is 10.1. The van der Waals surface area contributed by atoms with Crippen LogP contribution < -0.4 is 5.32 Å². The second kappa shape index (κ2) is 7.96. The van der Waals surface area contributed by atoms with Crippen LogP contribution in [0.2, 0.25) is 0 Å². The number of hydrogen-bond acceptors (Lipinski definition) is 3. The van der Waals surface area contributed by atoms with Crippen LogP contribution in [0.4, 0.5) is 0 Å². The topological polar surface area (TPSA) is 49.3 Å². The Morgan fingerprint density at radius 1 is 1.50 bits per heavy atom. The summed E-state index contributed by atoms with van der Waals surface area (Å²) in [6, 6.07) is 0. The second-order valence-electron chi connectivity index (χ2n) is 4.59. The van der Waals surface area contributed by atoms with Crippen molar-refractivity contribution in [2.45, 2.75) is 44.6 Å². The van der Waals surface area contributed by atoms with Crippen molar-refractivity contribution in [1.82, 2.24) is 5.32 Å². The van der Waals surface area contributed by atoms with Crippen LogP contribution in [0, 0.1) is 5.92 Å². The van der Waals surface area contributed by atoms with E-state index in [0.29, 0.717) is 18.9 Å². The quantitative estimate of drug-likeness (QED) is 0.719. The van der Waals surface area contributed by atoms with E-state index in [1.165, 1.54) is 25.7 Å². The van der Waals surface area contributed by atoms with Crippen LogP contribution in [0.3, 0.4) is 0 Å². The highest BCUT2D eigenvalue weighted by molar-refractivity contribution is 7.98. The molecule has 94 valence electrons. The molecule has 4 heteroatoms. The van der Waals surface area contributed by atoms with Crippen molar-refractivity contribution in [2.24, 2.45) is 5.92 Å². The number of thioether (sulfide) groups is 1. The number of amides is 1. The summed E-state index contributed by atoms with van der Waals surface area (Å²) < 4.78 is 0. The third kappa shape index (κ3) is 5.75. The number of aliphatic hydroxyl groups excluding tert-OH is 1. The molecule has 0 aliphatic heterocycles. The number of aliphatic hydroxyl groups is 1. The summed E-state index contributed by atoms with van der Waals surface area (Å²) in [6.45, 7) is 0.409. The Kier molecular flexibility index (Phi) is 6.88. The van der Waals surface area contributed by atoms with E-state index in [2.05, 4.69) is 5.32 Å². The Morgan fingerprint density at radius 3 is 2.81 bits per heavy atom. The van der Waals surface area contributed by atoms with E-state index in [1.807, 2.05) is 6.26 Å². The van der Waals surface area contributed by atoms with Gasteiger partial charge in [0.2, 0.25) is 5.91 Å². The Morgan fingerprint density at radius 2 is 2.19 bits per heavy atom. The first-order valence-electron chi connectivity index (χ1n) is 6.16. The number of carbonyl (C=O) groups excluding carboxylic acids is 1. The average molecular weight is 245 g/mol. The lowest BCUT2D eigenvalue weighted by Crippen LogP contribution is -2.33. The van der Waals surface area contributed by atoms with Crippen LogP contribution in [0.5, 0.6) is 0 Å². The molecule has 0 heterocycles. The molecule has 1 unspecified atom stereocenters. The highest BCUT2D eigenvalue weighted by Crippen LogP contribution is 2.27. The Bertz CT molecular complexity index is 205. The Labute approximate surface area is 102 Å². The van der Waals surface area contributed by atoms with Gasteiger partial charge in [-0.1, -0.05) is 12.8 Å². The molecular weight excluding hydrogens is 222 g/mol. The maximum Gasteiger partial charge on any atom is 0.220 e. The number of hydrogen-bond donors (Lipinski definition) is 2. The highest BCUT2D eigenvalue weighted by Gasteiger charge is 2.18. The van der Waals surface area contributed by atoms with Gasteiger partial charge in [-0.15, -0.1) is 0 Å². The first kappa shape index (κ1) is 13.8. The first-order chi connectivity index (χ1) is 7.72. The van der Waals surface area contributed by atoms with E-state index in [0.717, 1.165) is 12.2 Å². The molecule has 0 aromatic heterocycles. The molecule has 1 fully saturated rings. The molecule has 0 saturated heterocycles. The molecule has 1 aliphatic carbocycles. The average Bonchev–Trinajstić information content (AvgIpc) is 2.76. The number of carbonyl (C=O) groups is 1. The Balaban J connectivity index is 2.04. The van der Waals surface area contributed by atoms with Gasteiger partial charge in [0.15, 0.2) is 0 Å². The van der Waals surface area contributed by atoms with Crippen LogP contribution in [-0.4, -0.2) is 35.7 Å². The van der Waals surface area contributed by atoms with Crippen molar-refractivity contribution in [1.29, 1.82) is 0 Å². The van der Waals surface area contributed by atoms with Gasteiger partial charge < -0.3 is 10.4 Å². The van der Waals surface area contributed by atoms with E-state index in [9.17, 15) is 9.90 Å². The minimum Gasteiger partial charge on any atom is -0.391 e. The number of rotatable bonds is 7. The fourth-order valence-corrected chi connectivity index (χ4v) is 2.64. The van der Waals surface area contributed by atoms with Crippen LogP contribution in [0.1, 0.15) is 38.5 Å². The molecule has 1 atom stereocenters. The van der Waals surface area contributed by atoms with E-state index >= 15 is 0 Å². The first-order valence-corrected chi connectivity index (χ1v) is 7.55. The van der Waals surface area contributed by atoms with Gasteiger partial charge in [0.25, 0.3) is 0 Å². The summed E-state index contributed by atoms with van der Waals surface area (Å²) in [6.07, 6.45) is 7.97. The van der Waals surface area contributed by atoms with E-state index in [-0.39, 0.29) is 12.0 Å². The lowest BCUT2D eigenvalue weighted by Gasteiger charge is -2.13. The summed E-state index contributed by atoms with van der Waals surface area (Å²) in [5, 5.41) is 12.4. The standard InChI is InChI=1S/C12H23NO2S/c1-16-7-6-11(14)9-13-12(15)8-10-4-2-3-5-10/h10-11,14H,2-9H2,1H3,(H,13,15). The molecule has 1 saturated carbocycles. The summed E-state index contributed by atoms with van der Waals surface area (Å²) in [4.78, 5) is 11.5. The zero-order chi connectivity index (χ0) is 11.8. The minimum absolute atomic E-state index is 0.107. The van der Waals surface area contributed by atoms with E-state index in [4.69, 9.17) is 0 Å². The maximum atomic E-state index is 11.5. The predicted octanol–water partition coefficient (Wildman–Crippen LogP) is 1.80. The molecule has 1 amide bonds. The molecule has 16 heavy (non-hydrogen) atoms. The van der Waals surface area contributed by atoms with Crippen molar-refractivity contribution in [3.05, 3.63) is 0 Å². The van der Waals surface area contributed by atoms with Gasteiger partial charge in [0.05, 0.1) is 6.10 Å². The second-order valence-corrected chi connectivity index (χ2v) is 5.58. The van der Waals surface area contributed by atoms with E-state index < -0.39 is 0 Å². The smallest absolute Gasteiger partial charge is 0.220 e. The normalized spacial score (nSPS) is 18.6. The van der Waals surface area contributed by atoms with Crippen LogP contribution in [0.25, 0.3) is 0 Å². The third-order valence-electron chi connectivity index (χ3n) is 3.14. The van der Waals surface area contributed by atoms with Gasteiger partial charge in [0, 0.05) is 13.0 Å². The van der Waals surface area contributed by atoms with Crippen molar-refractivity contribution < 1.29 is 9.90 Å². The molecule has 0 aromatic rings. The van der Waals surface area contributed by atoms with Crippen LogP contribution in [0.15, 0.2) is 0 Å². The van der Waals surface area contributed by atoms with Gasteiger partial charge >= 0.3 is 0 Å². The largest absolute Gasteiger partial charge is 0.391 e. The fourth-order valence-electron chi connectivity index (χ4n) is 2.14. The van der Waals surface area contributed by atoms with Crippen molar-refractivity contribution in [3.63, 3.8) is 0 Å². The van der Waals surface area contributed by atoms with Crippen molar-refractivity contribution >= 4 is 17.7 Å². The fraction of sp³-hybridized carbons (Fsp3) is 0.917. The van der Waals surface area contributed by atoms with Gasteiger partial charge in [-0.2, -0.15) is 11.8 Å². The molecule has 0 radical (unpaired) electrons. The molecule has 0 aromatic carbocycles. The monoisotopic (exact) mass is 245 g/mol. The summed E-state index contributed by atoms with van der Waals surface area (Å²) >= 11 is 1.72. The molecule has 0 bridgehead atoms. The van der Waals surface area contributed by atoms with Crippen LogP contribution in [-0.2, 0) is 4.79 Å². The zero-order valence-corrected chi connectivity index (χ0v) is 10.9. The molecule has 0 spiro atoms. The maximum absolute atomic E-state index is 11.5.